The van der Waals surface area contributed by atoms with Crippen LogP contribution in [0.5, 0.6) is 0 Å². The monoisotopic (exact) mass is 288 g/mol. The number of ether oxygens (including phenoxy) is 1. The predicted molar refractivity (Wildman–Crippen MR) is 89.4 cm³/mol. The molecular formula is C18H28N2O. The normalized spacial score (nSPS) is 21.1. The third kappa shape index (κ3) is 5.62. The summed E-state index contributed by atoms with van der Waals surface area (Å²) in [5.41, 5.74) is 1.28. The first-order valence-corrected chi connectivity index (χ1v) is 8.05. The molecule has 0 N–H and O–H groups in total. The van der Waals surface area contributed by atoms with Crippen molar-refractivity contribution in [2.45, 2.75) is 19.9 Å². The van der Waals surface area contributed by atoms with Gasteiger partial charge in [-0.1, -0.05) is 42.5 Å². The zero-order valence-corrected chi connectivity index (χ0v) is 13.4. The molecule has 3 nitrogen and oxygen atoms in total. The number of benzene rings is 1. The van der Waals surface area contributed by atoms with Crippen molar-refractivity contribution in [2.75, 3.05) is 45.9 Å². The molecule has 1 aliphatic heterocycles. The minimum absolute atomic E-state index is 0.615. The van der Waals surface area contributed by atoms with Crippen molar-refractivity contribution in [3.05, 3.63) is 42.0 Å². The summed E-state index contributed by atoms with van der Waals surface area (Å²) >= 11 is 0. The zero-order chi connectivity index (χ0) is 14.9. The molecule has 116 valence electrons. The van der Waals surface area contributed by atoms with Crippen LogP contribution in [0.15, 0.2) is 36.4 Å². The molecule has 0 saturated carbocycles. The number of hydrogen-bond acceptors (Lipinski definition) is 3. The Morgan fingerprint density at radius 3 is 2.76 bits per heavy atom. The molecule has 0 unspecified atom stereocenters. The van der Waals surface area contributed by atoms with E-state index in [1.54, 1.807) is 0 Å². The average Bonchev–Trinajstić information content (AvgIpc) is 2.51. The van der Waals surface area contributed by atoms with Gasteiger partial charge in [0.25, 0.3) is 0 Å². The highest BCUT2D eigenvalue weighted by Gasteiger charge is 2.22. The summed E-state index contributed by atoms with van der Waals surface area (Å²) in [7, 11) is 0. The maximum absolute atomic E-state index is 5.46. The van der Waals surface area contributed by atoms with E-state index in [2.05, 4.69) is 66.1 Å². The highest BCUT2D eigenvalue weighted by molar-refractivity contribution is 5.48. The van der Waals surface area contributed by atoms with Crippen molar-refractivity contribution in [3.63, 3.8) is 0 Å². The van der Waals surface area contributed by atoms with E-state index in [0.717, 1.165) is 45.9 Å². The Labute approximate surface area is 129 Å². The van der Waals surface area contributed by atoms with E-state index in [0.29, 0.717) is 6.04 Å². The van der Waals surface area contributed by atoms with E-state index in [1.807, 2.05) is 0 Å². The second-order valence-corrected chi connectivity index (χ2v) is 5.65. The number of nitrogens with zero attached hydrogens (tertiary/aromatic N) is 2. The Bertz CT molecular complexity index is 418. The lowest BCUT2D eigenvalue weighted by Crippen LogP contribution is -2.52. The van der Waals surface area contributed by atoms with E-state index < -0.39 is 0 Å². The predicted octanol–water partition coefficient (Wildman–Crippen LogP) is 2.74. The summed E-state index contributed by atoms with van der Waals surface area (Å²) in [6.45, 7) is 11.6. The van der Waals surface area contributed by atoms with Crippen LogP contribution in [-0.2, 0) is 4.74 Å². The van der Waals surface area contributed by atoms with Crippen molar-refractivity contribution in [3.8, 4) is 0 Å². The van der Waals surface area contributed by atoms with Crippen molar-refractivity contribution in [1.29, 1.82) is 0 Å². The average molecular weight is 288 g/mol. The maximum Gasteiger partial charge on any atom is 0.0593 e. The van der Waals surface area contributed by atoms with Crippen molar-refractivity contribution < 1.29 is 4.74 Å². The van der Waals surface area contributed by atoms with Crippen LogP contribution in [0.4, 0.5) is 0 Å². The molecule has 0 amide bonds. The third-order valence-electron chi connectivity index (χ3n) is 4.05. The fraction of sp³-hybridized carbons (Fsp3) is 0.556. The highest BCUT2D eigenvalue weighted by atomic mass is 16.5. The lowest BCUT2D eigenvalue weighted by Gasteiger charge is -2.39. The lowest BCUT2D eigenvalue weighted by molar-refractivity contribution is 0.0535. The smallest absolute Gasteiger partial charge is 0.0593 e. The van der Waals surface area contributed by atoms with Gasteiger partial charge in [-0.25, -0.2) is 0 Å². The van der Waals surface area contributed by atoms with Crippen molar-refractivity contribution in [1.82, 2.24) is 9.80 Å². The summed E-state index contributed by atoms with van der Waals surface area (Å²) in [5.74, 6) is 0. The molecule has 0 radical (unpaired) electrons. The fourth-order valence-electron chi connectivity index (χ4n) is 2.80. The Morgan fingerprint density at radius 1 is 1.24 bits per heavy atom. The molecule has 2 rings (SSSR count). The van der Waals surface area contributed by atoms with E-state index >= 15 is 0 Å². The largest absolute Gasteiger partial charge is 0.380 e. The van der Waals surface area contributed by atoms with Crippen molar-refractivity contribution in [2.24, 2.45) is 0 Å². The van der Waals surface area contributed by atoms with Gasteiger partial charge in [-0.3, -0.25) is 9.80 Å². The van der Waals surface area contributed by atoms with E-state index in [4.69, 9.17) is 4.74 Å². The summed E-state index contributed by atoms with van der Waals surface area (Å²) in [6, 6.07) is 11.1. The first kappa shape index (κ1) is 16.2. The molecule has 0 aromatic heterocycles. The minimum Gasteiger partial charge on any atom is -0.380 e. The van der Waals surface area contributed by atoms with Gasteiger partial charge >= 0.3 is 0 Å². The van der Waals surface area contributed by atoms with Crippen LogP contribution < -0.4 is 0 Å². The van der Waals surface area contributed by atoms with Crippen LogP contribution in [-0.4, -0.2) is 61.8 Å². The zero-order valence-electron chi connectivity index (χ0n) is 13.4. The third-order valence-corrected chi connectivity index (χ3v) is 4.05. The van der Waals surface area contributed by atoms with Gasteiger partial charge in [0, 0.05) is 45.4 Å². The van der Waals surface area contributed by atoms with Gasteiger partial charge in [0.2, 0.25) is 0 Å². The Kier molecular flexibility index (Phi) is 6.93. The lowest BCUT2D eigenvalue weighted by atomic mass is 10.2. The topological polar surface area (TPSA) is 15.7 Å². The summed E-state index contributed by atoms with van der Waals surface area (Å²) in [5, 5.41) is 0. The molecular weight excluding hydrogens is 260 g/mol. The molecule has 1 aromatic rings. The highest BCUT2D eigenvalue weighted by Crippen LogP contribution is 2.09. The standard InChI is InChI=1S/C18H28N2O/c1-3-21-15-14-20-13-12-19(16-17(20)2)11-7-10-18-8-5-4-6-9-18/h4-10,17H,3,11-16H2,1-2H3/b10-7+/t17-/m0/s1. The quantitative estimate of drug-likeness (QED) is 0.718. The molecule has 1 fully saturated rings. The molecule has 1 atom stereocenters. The Balaban J connectivity index is 1.71. The molecule has 1 heterocycles. The molecule has 1 aliphatic rings. The van der Waals surface area contributed by atoms with Crippen LogP contribution in [0.1, 0.15) is 19.4 Å². The first-order chi connectivity index (χ1) is 10.3. The van der Waals surface area contributed by atoms with Gasteiger partial charge in [0.05, 0.1) is 6.61 Å². The van der Waals surface area contributed by atoms with Gasteiger partial charge in [-0.2, -0.15) is 0 Å². The van der Waals surface area contributed by atoms with Crippen LogP contribution >= 0.6 is 0 Å². The van der Waals surface area contributed by atoms with Crippen LogP contribution in [0.3, 0.4) is 0 Å². The Morgan fingerprint density at radius 2 is 2.05 bits per heavy atom. The van der Waals surface area contributed by atoms with Crippen molar-refractivity contribution >= 4 is 6.08 Å². The van der Waals surface area contributed by atoms with E-state index in [9.17, 15) is 0 Å². The molecule has 3 heteroatoms. The van der Waals surface area contributed by atoms with Gasteiger partial charge < -0.3 is 4.74 Å². The molecule has 21 heavy (non-hydrogen) atoms. The van der Waals surface area contributed by atoms with E-state index in [-0.39, 0.29) is 0 Å². The summed E-state index contributed by atoms with van der Waals surface area (Å²) < 4.78 is 5.46. The molecule has 0 spiro atoms. The van der Waals surface area contributed by atoms with Gasteiger partial charge in [-0.05, 0) is 19.4 Å². The maximum atomic E-state index is 5.46. The van der Waals surface area contributed by atoms with Gasteiger partial charge in [0.1, 0.15) is 0 Å². The Hall–Kier alpha value is -1.16. The molecule has 0 bridgehead atoms. The van der Waals surface area contributed by atoms with Crippen LogP contribution in [0, 0.1) is 0 Å². The second-order valence-electron chi connectivity index (χ2n) is 5.65. The number of rotatable bonds is 7. The van der Waals surface area contributed by atoms with Gasteiger partial charge in [-0.15, -0.1) is 0 Å². The summed E-state index contributed by atoms with van der Waals surface area (Å²) in [4.78, 5) is 5.06. The van der Waals surface area contributed by atoms with Gasteiger partial charge in [0.15, 0.2) is 0 Å². The number of hydrogen-bond donors (Lipinski definition) is 0. The number of piperazine rings is 1. The second kappa shape index (κ2) is 8.98. The molecule has 1 saturated heterocycles. The SMILES string of the molecule is CCOCCN1CCN(C/C=C/c2ccccc2)C[C@@H]1C. The first-order valence-electron chi connectivity index (χ1n) is 8.05. The minimum atomic E-state index is 0.615. The summed E-state index contributed by atoms with van der Waals surface area (Å²) in [6.07, 6.45) is 4.49. The fourth-order valence-corrected chi connectivity index (χ4v) is 2.80. The molecule has 0 aliphatic carbocycles. The van der Waals surface area contributed by atoms with Crippen LogP contribution in [0.2, 0.25) is 0 Å². The van der Waals surface area contributed by atoms with E-state index in [1.165, 1.54) is 5.56 Å². The van der Waals surface area contributed by atoms with Crippen LogP contribution in [0.25, 0.3) is 6.08 Å². The molecule has 1 aromatic carbocycles.